The van der Waals surface area contributed by atoms with Crippen LogP contribution >= 0.6 is 11.3 Å². The third-order valence-electron chi connectivity index (χ3n) is 3.28. The predicted octanol–water partition coefficient (Wildman–Crippen LogP) is 5.30. The van der Waals surface area contributed by atoms with Crippen molar-refractivity contribution >= 4 is 33.1 Å². The van der Waals surface area contributed by atoms with Crippen LogP contribution in [0.4, 0.5) is 10.8 Å². The second kappa shape index (κ2) is 5.07. The number of hydrogen-bond donors (Lipinski definition) is 1. The molecule has 0 saturated heterocycles. The predicted molar refractivity (Wildman–Crippen MR) is 87.0 cm³/mol. The molecule has 0 amide bonds. The van der Waals surface area contributed by atoms with Gasteiger partial charge in [0.15, 0.2) is 5.13 Å². The Morgan fingerprint density at radius 3 is 2.81 bits per heavy atom. The monoisotopic (exact) mass is 292 g/mol. The van der Waals surface area contributed by atoms with Crippen LogP contribution in [0.25, 0.3) is 22.2 Å². The van der Waals surface area contributed by atoms with Gasteiger partial charge >= 0.3 is 0 Å². The first-order chi connectivity index (χ1) is 10.4. The first kappa shape index (κ1) is 12.2. The van der Waals surface area contributed by atoms with Crippen molar-refractivity contribution in [2.75, 3.05) is 5.32 Å². The molecule has 0 atom stereocenters. The molecule has 0 aliphatic heterocycles. The van der Waals surface area contributed by atoms with Crippen LogP contribution in [0, 0.1) is 0 Å². The molecule has 4 rings (SSSR count). The van der Waals surface area contributed by atoms with Crippen molar-refractivity contribution in [3.05, 3.63) is 66.2 Å². The summed E-state index contributed by atoms with van der Waals surface area (Å²) in [5.41, 5.74) is 4.02. The van der Waals surface area contributed by atoms with E-state index in [0.717, 1.165) is 33.0 Å². The Balaban J connectivity index is 1.64. The molecule has 1 N–H and O–H groups in total. The highest BCUT2D eigenvalue weighted by atomic mass is 32.1. The van der Waals surface area contributed by atoms with Crippen LogP contribution < -0.4 is 5.32 Å². The van der Waals surface area contributed by atoms with Crippen LogP contribution in [0.1, 0.15) is 0 Å². The zero-order valence-corrected chi connectivity index (χ0v) is 11.9. The molecule has 4 heteroatoms. The lowest BCUT2D eigenvalue weighted by Crippen LogP contribution is -1.88. The minimum Gasteiger partial charge on any atom is -0.464 e. The van der Waals surface area contributed by atoms with Crippen LogP contribution in [0.3, 0.4) is 0 Å². The number of nitrogens with one attached hydrogen (secondary N) is 1. The Morgan fingerprint density at radius 1 is 1.00 bits per heavy atom. The van der Waals surface area contributed by atoms with E-state index in [9.17, 15) is 0 Å². The van der Waals surface area contributed by atoms with Gasteiger partial charge in [-0.25, -0.2) is 4.98 Å². The molecule has 21 heavy (non-hydrogen) atoms. The number of furan rings is 1. The van der Waals surface area contributed by atoms with Crippen molar-refractivity contribution < 1.29 is 4.42 Å². The van der Waals surface area contributed by atoms with Gasteiger partial charge in [0.1, 0.15) is 5.58 Å². The Morgan fingerprint density at radius 2 is 1.90 bits per heavy atom. The summed E-state index contributed by atoms with van der Waals surface area (Å²) in [4.78, 5) is 4.64. The summed E-state index contributed by atoms with van der Waals surface area (Å²) >= 11 is 1.60. The van der Waals surface area contributed by atoms with Crippen LogP contribution in [-0.2, 0) is 0 Å². The summed E-state index contributed by atoms with van der Waals surface area (Å²) in [5.74, 6) is 0. The zero-order chi connectivity index (χ0) is 14.1. The number of thiazole rings is 1. The first-order valence-electron chi connectivity index (χ1n) is 6.64. The van der Waals surface area contributed by atoms with Gasteiger partial charge in [-0.05, 0) is 36.4 Å². The number of nitrogens with zero attached hydrogens (tertiary/aromatic N) is 1. The number of fused-ring (bicyclic) bond motifs is 1. The fourth-order valence-corrected chi connectivity index (χ4v) is 2.97. The van der Waals surface area contributed by atoms with Crippen molar-refractivity contribution in [2.24, 2.45) is 0 Å². The fourth-order valence-electron chi connectivity index (χ4n) is 2.23. The second-order valence-electron chi connectivity index (χ2n) is 4.70. The molecule has 0 aliphatic rings. The van der Waals surface area contributed by atoms with Gasteiger partial charge < -0.3 is 9.73 Å². The van der Waals surface area contributed by atoms with E-state index >= 15 is 0 Å². The number of hydrogen-bond acceptors (Lipinski definition) is 4. The average molecular weight is 292 g/mol. The maximum absolute atomic E-state index is 5.36. The molecule has 0 spiro atoms. The summed E-state index contributed by atoms with van der Waals surface area (Å²) in [6.07, 6.45) is 1.71. The fraction of sp³-hybridized carbons (Fsp3) is 0. The lowest BCUT2D eigenvalue weighted by Gasteiger charge is -2.01. The number of rotatable bonds is 3. The number of para-hydroxylation sites is 1. The Kier molecular flexibility index (Phi) is 2.94. The number of benzene rings is 2. The zero-order valence-electron chi connectivity index (χ0n) is 11.1. The van der Waals surface area contributed by atoms with Gasteiger partial charge in [-0.2, -0.15) is 0 Å². The topological polar surface area (TPSA) is 38.1 Å². The largest absolute Gasteiger partial charge is 0.464 e. The third-order valence-corrected chi connectivity index (χ3v) is 4.04. The molecule has 0 bridgehead atoms. The highest BCUT2D eigenvalue weighted by molar-refractivity contribution is 7.14. The number of anilines is 2. The van der Waals surface area contributed by atoms with Gasteiger partial charge in [0.05, 0.1) is 12.0 Å². The summed E-state index contributed by atoms with van der Waals surface area (Å²) in [6, 6.07) is 18.1. The SMILES string of the molecule is c1ccc(Nc2nc(-c3ccc4occc4c3)cs2)cc1. The smallest absolute Gasteiger partial charge is 0.187 e. The molecular formula is C17H12N2OS. The molecule has 0 aliphatic carbocycles. The van der Waals surface area contributed by atoms with Crippen LogP contribution in [0.5, 0.6) is 0 Å². The van der Waals surface area contributed by atoms with Crippen LogP contribution in [-0.4, -0.2) is 4.98 Å². The van der Waals surface area contributed by atoms with Gasteiger partial charge in [0.25, 0.3) is 0 Å². The van der Waals surface area contributed by atoms with Gasteiger partial charge in [0.2, 0.25) is 0 Å². The summed E-state index contributed by atoms with van der Waals surface area (Å²) in [5, 5.41) is 7.36. The second-order valence-corrected chi connectivity index (χ2v) is 5.56. The molecule has 2 heterocycles. The van der Waals surface area contributed by atoms with Gasteiger partial charge in [0, 0.05) is 22.0 Å². The maximum atomic E-state index is 5.36. The first-order valence-corrected chi connectivity index (χ1v) is 7.52. The minimum atomic E-state index is 0.892. The molecule has 102 valence electrons. The standard InChI is InChI=1S/C17H12N2OS/c1-2-4-14(5-3-1)18-17-19-15(11-21-17)12-6-7-16-13(10-12)8-9-20-16/h1-11H,(H,18,19). The molecule has 0 unspecified atom stereocenters. The molecule has 2 aromatic carbocycles. The highest BCUT2D eigenvalue weighted by Crippen LogP contribution is 2.29. The Bertz CT molecular complexity index is 880. The summed E-state index contributed by atoms with van der Waals surface area (Å²) in [7, 11) is 0. The number of aromatic nitrogens is 1. The quantitative estimate of drug-likeness (QED) is 0.557. The average Bonchev–Trinajstić information content (AvgIpc) is 3.16. The molecule has 0 saturated carbocycles. The van der Waals surface area contributed by atoms with E-state index in [1.165, 1.54) is 0 Å². The molecule has 2 aromatic heterocycles. The molecule has 0 fully saturated rings. The molecule has 3 nitrogen and oxygen atoms in total. The van der Waals surface area contributed by atoms with Crippen molar-refractivity contribution in [3.8, 4) is 11.3 Å². The summed E-state index contributed by atoms with van der Waals surface area (Å²) in [6.45, 7) is 0. The van der Waals surface area contributed by atoms with Crippen molar-refractivity contribution in [2.45, 2.75) is 0 Å². The van der Waals surface area contributed by atoms with E-state index in [1.54, 1.807) is 17.6 Å². The minimum absolute atomic E-state index is 0.892. The van der Waals surface area contributed by atoms with E-state index in [-0.39, 0.29) is 0 Å². The van der Waals surface area contributed by atoms with Crippen LogP contribution in [0.15, 0.2) is 70.7 Å². The lowest BCUT2D eigenvalue weighted by atomic mass is 10.1. The van der Waals surface area contributed by atoms with E-state index in [2.05, 4.69) is 21.7 Å². The molecular weight excluding hydrogens is 280 g/mol. The summed E-state index contributed by atoms with van der Waals surface area (Å²) < 4.78 is 5.36. The van der Waals surface area contributed by atoms with E-state index in [4.69, 9.17) is 4.42 Å². The Hall–Kier alpha value is -2.59. The van der Waals surface area contributed by atoms with Crippen LogP contribution in [0.2, 0.25) is 0 Å². The Labute approximate surface area is 125 Å². The van der Waals surface area contributed by atoms with Gasteiger partial charge in [-0.1, -0.05) is 18.2 Å². The van der Waals surface area contributed by atoms with Gasteiger partial charge in [-0.3, -0.25) is 0 Å². The van der Waals surface area contributed by atoms with Crippen molar-refractivity contribution in [1.82, 2.24) is 4.98 Å². The normalized spacial score (nSPS) is 10.9. The molecule has 0 radical (unpaired) electrons. The lowest BCUT2D eigenvalue weighted by molar-refractivity contribution is 0.616. The maximum Gasteiger partial charge on any atom is 0.187 e. The van der Waals surface area contributed by atoms with Gasteiger partial charge in [-0.15, -0.1) is 11.3 Å². The van der Waals surface area contributed by atoms with Crippen molar-refractivity contribution in [1.29, 1.82) is 0 Å². The van der Waals surface area contributed by atoms with Crippen molar-refractivity contribution in [3.63, 3.8) is 0 Å². The molecule has 4 aromatic rings. The highest BCUT2D eigenvalue weighted by Gasteiger charge is 2.06. The van der Waals surface area contributed by atoms with E-state index in [0.29, 0.717) is 0 Å². The van der Waals surface area contributed by atoms with E-state index < -0.39 is 0 Å². The third kappa shape index (κ3) is 2.41. The van der Waals surface area contributed by atoms with E-state index in [1.807, 2.05) is 48.5 Å².